The minimum atomic E-state index is -3.46. The lowest BCUT2D eigenvalue weighted by molar-refractivity contribution is 0.0462. The third-order valence-electron chi connectivity index (χ3n) is 4.68. The van der Waals surface area contributed by atoms with Crippen molar-refractivity contribution in [3.05, 3.63) is 56.4 Å². The number of amidine groups is 1. The van der Waals surface area contributed by atoms with Gasteiger partial charge in [0.1, 0.15) is 6.61 Å². The van der Waals surface area contributed by atoms with Crippen molar-refractivity contribution in [3.63, 3.8) is 0 Å². The van der Waals surface area contributed by atoms with Gasteiger partial charge >= 0.3 is 11.7 Å². The predicted molar refractivity (Wildman–Crippen MR) is 107 cm³/mol. The second-order valence-electron chi connectivity index (χ2n) is 6.55. The molecule has 29 heavy (non-hydrogen) atoms. The Bertz CT molecular complexity index is 1290. The number of rotatable bonds is 3. The van der Waals surface area contributed by atoms with Gasteiger partial charge in [-0.25, -0.2) is 18.0 Å². The molecular formula is C17H16N4O6S2. The van der Waals surface area contributed by atoms with Crippen LogP contribution in [0.3, 0.4) is 0 Å². The van der Waals surface area contributed by atoms with Crippen LogP contribution in [-0.2, 0) is 35.5 Å². The topological polar surface area (TPSA) is 120 Å². The van der Waals surface area contributed by atoms with E-state index in [9.17, 15) is 22.8 Å². The van der Waals surface area contributed by atoms with Gasteiger partial charge in [-0.15, -0.1) is 4.40 Å². The number of esters is 1. The first-order valence-corrected chi connectivity index (χ1v) is 10.9. The smallest absolute Gasteiger partial charge is 0.338 e. The summed E-state index contributed by atoms with van der Waals surface area (Å²) in [5.41, 5.74) is 0.339. The van der Waals surface area contributed by atoms with Crippen molar-refractivity contribution in [2.45, 2.75) is 11.5 Å². The quantitative estimate of drug-likeness (QED) is 0.619. The normalized spacial score (nSPS) is 16.8. The van der Waals surface area contributed by atoms with Crippen LogP contribution in [-0.4, -0.2) is 41.0 Å². The molecule has 0 atom stereocenters. The van der Waals surface area contributed by atoms with Crippen molar-refractivity contribution in [1.29, 1.82) is 0 Å². The van der Waals surface area contributed by atoms with Gasteiger partial charge in [-0.3, -0.25) is 13.9 Å². The van der Waals surface area contributed by atoms with Gasteiger partial charge < -0.3 is 9.64 Å². The second kappa shape index (κ2) is 6.88. The van der Waals surface area contributed by atoms with Gasteiger partial charge in [-0.05, 0) is 30.0 Å². The van der Waals surface area contributed by atoms with Gasteiger partial charge in [0.2, 0.25) is 0 Å². The Morgan fingerprint density at radius 3 is 2.72 bits per heavy atom. The number of nitrogens with zero attached hydrogens (tertiary/aromatic N) is 4. The van der Waals surface area contributed by atoms with Crippen molar-refractivity contribution in [2.24, 2.45) is 18.5 Å². The van der Waals surface area contributed by atoms with E-state index in [0.29, 0.717) is 16.6 Å². The Balaban J connectivity index is 1.54. The lowest BCUT2D eigenvalue weighted by Crippen LogP contribution is -2.38. The Kier molecular flexibility index (Phi) is 4.62. The first kappa shape index (κ1) is 19.5. The van der Waals surface area contributed by atoms with E-state index < -0.39 is 27.2 Å². The fraction of sp³-hybridized carbons (Fsp3) is 0.294. The highest BCUT2D eigenvalue weighted by Gasteiger charge is 2.33. The van der Waals surface area contributed by atoms with Crippen LogP contribution >= 0.6 is 11.8 Å². The molecule has 1 aromatic carbocycles. The molecule has 0 radical (unpaired) electrons. The number of benzene rings is 1. The molecule has 2 aromatic rings. The lowest BCUT2D eigenvalue weighted by atomic mass is 10.2. The van der Waals surface area contributed by atoms with Crippen LogP contribution in [0.15, 0.2) is 43.1 Å². The SMILES string of the molecule is Cn1c(COC(=O)c2ccc3c(c2)SC2=NS(=O)(=O)CCN23)cc(=O)n(C)c1=O. The summed E-state index contributed by atoms with van der Waals surface area (Å²) in [4.78, 5) is 38.7. The number of hydrogen-bond donors (Lipinski definition) is 0. The maximum Gasteiger partial charge on any atom is 0.338 e. The third-order valence-corrected chi connectivity index (χ3v) is 6.99. The average Bonchev–Trinajstić information content (AvgIpc) is 3.03. The molecule has 12 heteroatoms. The predicted octanol–water partition coefficient (Wildman–Crippen LogP) is 0.0525. The van der Waals surface area contributed by atoms with Crippen LogP contribution in [0.2, 0.25) is 0 Å². The zero-order valence-corrected chi connectivity index (χ0v) is 17.1. The van der Waals surface area contributed by atoms with E-state index in [1.807, 2.05) is 0 Å². The van der Waals surface area contributed by atoms with E-state index in [1.54, 1.807) is 23.1 Å². The van der Waals surface area contributed by atoms with Gasteiger partial charge in [-0.2, -0.15) is 0 Å². The highest BCUT2D eigenvalue weighted by Crippen LogP contribution is 2.42. The summed E-state index contributed by atoms with van der Waals surface area (Å²) in [6.45, 7) is 0.0733. The second-order valence-corrected chi connectivity index (χ2v) is 9.31. The van der Waals surface area contributed by atoms with Crippen LogP contribution in [0.25, 0.3) is 0 Å². The van der Waals surface area contributed by atoms with Crippen molar-refractivity contribution in [2.75, 3.05) is 17.2 Å². The maximum atomic E-state index is 12.4. The zero-order chi connectivity index (χ0) is 20.9. The first-order valence-electron chi connectivity index (χ1n) is 8.51. The van der Waals surface area contributed by atoms with Crippen LogP contribution in [0.4, 0.5) is 5.69 Å². The molecule has 0 aliphatic carbocycles. The molecule has 3 heterocycles. The number of aromatic nitrogens is 2. The van der Waals surface area contributed by atoms with E-state index in [4.69, 9.17) is 4.74 Å². The molecule has 0 saturated carbocycles. The van der Waals surface area contributed by atoms with E-state index in [1.165, 1.54) is 36.5 Å². The van der Waals surface area contributed by atoms with Crippen molar-refractivity contribution in [1.82, 2.24) is 9.13 Å². The van der Waals surface area contributed by atoms with Crippen molar-refractivity contribution in [3.8, 4) is 0 Å². The van der Waals surface area contributed by atoms with Gasteiger partial charge in [0.25, 0.3) is 15.6 Å². The zero-order valence-electron chi connectivity index (χ0n) is 15.5. The van der Waals surface area contributed by atoms with E-state index in [0.717, 1.165) is 10.3 Å². The molecule has 10 nitrogen and oxygen atoms in total. The molecule has 0 unspecified atom stereocenters. The monoisotopic (exact) mass is 436 g/mol. The third kappa shape index (κ3) is 3.49. The molecular weight excluding hydrogens is 420 g/mol. The molecule has 0 N–H and O–H groups in total. The van der Waals surface area contributed by atoms with Crippen LogP contribution in [0.1, 0.15) is 16.1 Å². The number of carbonyl (C=O) groups excluding carboxylic acids is 1. The highest BCUT2D eigenvalue weighted by atomic mass is 32.2. The fourth-order valence-electron chi connectivity index (χ4n) is 3.00. The number of ether oxygens (including phenoxy) is 1. The van der Waals surface area contributed by atoms with Gasteiger partial charge in [0.15, 0.2) is 5.17 Å². The largest absolute Gasteiger partial charge is 0.456 e. The summed E-state index contributed by atoms with van der Waals surface area (Å²) in [5, 5.41) is 0.367. The Labute approximate surface area is 169 Å². The summed E-state index contributed by atoms with van der Waals surface area (Å²) < 4.78 is 34.6. The molecule has 0 saturated heterocycles. The highest BCUT2D eigenvalue weighted by molar-refractivity contribution is 8.15. The molecule has 1 aromatic heterocycles. The van der Waals surface area contributed by atoms with Gasteiger partial charge in [-0.1, -0.05) is 0 Å². The molecule has 0 bridgehead atoms. The van der Waals surface area contributed by atoms with E-state index in [2.05, 4.69) is 4.40 Å². The maximum absolute atomic E-state index is 12.4. The van der Waals surface area contributed by atoms with Crippen molar-refractivity contribution >= 4 is 38.6 Å². The van der Waals surface area contributed by atoms with Crippen LogP contribution < -0.4 is 16.1 Å². The van der Waals surface area contributed by atoms with Gasteiger partial charge in [0.05, 0.1) is 22.7 Å². The number of anilines is 1. The Morgan fingerprint density at radius 1 is 1.21 bits per heavy atom. The van der Waals surface area contributed by atoms with Crippen LogP contribution in [0, 0.1) is 0 Å². The molecule has 152 valence electrons. The number of fused-ring (bicyclic) bond motifs is 3. The minimum Gasteiger partial charge on any atom is -0.456 e. The molecule has 4 rings (SSSR count). The summed E-state index contributed by atoms with van der Waals surface area (Å²) in [6.07, 6.45) is 0. The van der Waals surface area contributed by atoms with Crippen molar-refractivity contribution < 1.29 is 17.9 Å². The average molecular weight is 436 g/mol. The summed E-state index contributed by atoms with van der Waals surface area (Å²) >= 11 is 1.18. The summed E-state index contributed by atoms with van der Waals surface area (Å²) in [5.74, 6) is -0.684. The standard InChI is InChI=1S/C17H16N4O6S2/c1-19-11(8-14(22)20(2)17(19)24)9-27-15(23)10-3-4-12-13(7-10)28-16-18-29(25,26)6-5-21(12)16/h3-4,7-8H,5-6,9H2,1-2H3. The molecule has 0 spiro atoms. The molecule has 2 aliphatic heterocycles. The number of hydrogen-bond acceptors (Lipinski definition) is 8. The number of thioether (sulfide) groups is 1. The Hall–Kier alpha value is -2.86. The number of sulfonamides is 1. The molecule has 0 amide bonds. The van der Waals surface area contributed by atoms with E-state index in [-0.39, 0.29) is 23.6 Å². The fourth-order valence-corrected chi connectivity index (χ4v) is 5.29. The molecule has 2 aliphatic rings. The van der Waals surface area contributed by atoms with Crippen LogP contribution in [0.5, 0.6) is 0 Å². The number of carbonyl (C=O) groups is 1. The minimum absolute atomic E-state index is 0.0600. The summed E-state index contributed by atoms with van der Waals surface area (Å²) in [7, 11) is -0.601. The Morgan fingerprint density at radius 2 is 1.97 bits per heavy atom. The van der Waals surface area contributed by atoms with Gasteiger partial charge in [0, 0.05) is 31.6 Å². The lowest BCUT2D eigenvalue weighted by Gasteiger charge is -2.22. The first-order chi connectivity index (χ1) is 13.7. The summed E-state index contributed by atoms with van der Waals surface area (Å²) in [6, 6.07) is 6.15. The molecule has 0 fully saturated rings. The van der Waals surface area contributed by atoms with E-state index >= 15 is 0 Å².